The van der Waals surface area contributed by atoms with Crippen LogP contribution in [0.2, 0.25) is 0 Å². The van der Waals surface area contributed by atoms with Crippen molar-refractivity contribution in [3.05, 3.63) is 0 Å². The second-order valence-corrected chi connectivity index (χ2v) is 9.66. The monoisotopic (exact) mass is 335 g/mol. The smallest absolute Gasteiger partial charge is 0.329 e. The van der Waals surface area contributed by atoms with Gasteiger partial charge in [-0.1, -0.05) is 0 Å². The number of nitrogens with one attached hydrogen (secondary N) is 1. The normalized spacial score (nSPS) is 23.3. The molecule has 2 aliphatic rings. The first-order valence-corrected chi connectivity index (χ1v) is 10.2. The van der Waals surface area contributed by atoms with Gasteiger partial charge in [-0.05, 0) is 42.6 Å². The van der Waals surface area contributed by atoms with E-state index in [1.165, 1.54) is 6.26 Å². The highest BCUT2D eigenvalue weighted by atomic mass is 32.2. The number of amides is 1. The Bertz CT molecular complexity index is 533. The van der Waals surface area contributed by atoms with Crippen molar-refractivity contribution in [2.24, 2.45) is 5.41 Å². The number of rotatable bonds is 6. The SMILES string of the molecule is CS(=O)(=O)CC1(CC(=O)NC2(C(=O)O)CCSCC2)CC1. The van der Waals surface area contributed by atoms with Gasteiger partial charge in [0.15, 0.2) is 0 Å². The lowest BCUT2D eigenvalue weighted by Crippen LogP contribution is -2.56. The van der Waals surface area contributed by atoms with Crippen LogP contribution in [0.15, 0.2) is 0 Å². The summed E-state index contributed by atoms with van der Waals surface area (Å²) in [4.78, 5) is 23.7. The molecule has 0 aromatic heterocycles. The van der Waals surface area contributed by atoms with Crippen LogP contribution < -0.4 is 5.32 Å². The maximum Gasteiger partial charge on any atom is 0.329 e. The number of sulfone groups is 1. The van der Waals surface area contributed by atoms with Crippen LogP contribution in [0.4, 0.5) is 0 Å². The molecule has 0 unspecified atom stereocenters. The molecule has 6 nitrogen and oxygen atoms in total. The summed E-state index contributed by atoms with van der Waals surface area (Å²) in [7, 11) is -3.13. The van der Waals surface area contributed by atoms with Crippen molar-refractivity contribution in [3.8, 4) is 0 Å². The number of carbonyl (C=O) groups is 2. The lowest BCUT2D eigenvalue weighted by Gasteiger charge is -2.34. The van der Waals surface area contributed by atoms with Crippen LogP contribution in [0.1, 0.15) is 32.1 Å². The fourth-order valence-corrected chi connectivity index (χ4v) is 5.56. The molecule has 2 N–H and O–H groups in total. The van der Waals surface area contributed by atoms with E-state index in [4.69, 9.17) is 0 Å². The quantitative estimate of drug-likeness (QED) is 0.740. The molecule has 0 aromatic carbocycles. The Morgan fingerprint density at radius 3 is 2.19 bits per heavy atom. The molecular formula is C13H21NO5S2. The second-order valence-electron chi connectivity index (χ2n) is 6.29. The Morgan fingerprint density at radius 2 is 1.76 bits per heavy atom. The third-order valence-electron chi connectivity index (χ3n) is 4.20. The van der Waals surface area contributed by atoms with E-state index >= 15 is 0 Å². The van der Waals surface area contributed by atoms with Crippen LogP contribution in [-0.2, 0) is 19.4 Å². The van der Waals surface area contributed by atoms with Crippen LogP contribution in [0.5, 0.6) is 0 Å². The predicted octanol–water partition coefficient (Wildman–Crippen LogP) is 0.668. The van der Waals surface area contributed by atoms with Gasteiger partial charge in [-0.2, -0.15) is 11.8 Å². The summed E-state index contributed by atoms with van der Waals surface area (Å²) in [6.07, 6.45) is 3.52. The first-order chi connectivity index (χ1) is 9.67. The van der Waals surface area contributed by atoms with Crippen molar-refractivity contribution < 1.29 is 23.1 Å². The van der Waals surface area contributed by atoms with Crippen LogP contribution >= 0.6 is 11.8 Å². The Labute approximate surface area is 129 Å². The van der Waals surface area contributed by atoms with Crippen LogP contribution in [0.25, 0.3) is 0 Å². The van der Waals surface area contributed by atoms with E-state index in [-0.39, 0.29) is 18.1 Å². The lowest BCUT2D eigenvalue weighted by atomic mass is 9.91. The molecule has 21 heavy (non-hydrogen) atoms. The number of thioether (sulfide) groups is 1. The zero-order chi connectivity index (χ0) is 15.7. The van der Waals surface area contributed by atoms with E-state index in [1.54, 1.807) is 11.8 Å². The van der Waals surface area contributed by atoms with Crippen LogP contribution in [-0.4, -0.2) is 54.5 Å². The first-order valence-electron chi connectivity index (χ1n) is 6.96. The predicted molar refractivity (Wildman–Crippen MR) is 81.1 cm³/mol. The maximum absolute atomic E-state index is 12.2. The maximum atomic E-state index is 12.2. The summed E-state index contributed by atoms with van der Waals surface area (Å²) >= 11 is 1.68. The van der Waals surface area contributed by atoms with E-state index in [0.29, 0.717) is 37.2 Å². The number of hydrogen-bond acceptors (Lipinski definition) is 5. The van der Waals surface area contributed by atoms with Crippen molar-refractivity contribution in [2.75, 3.05) is 23.5 Å². The van der Waals surface area contributed by atoms with Crippen molar-refractivity contribution in [1.82, 2.24) is 5.32 Å². The van der Waals surface area contributed by atoms with Crippen molar-refractivity contribution in [2.45, 2.75) is 37.6 Å². The Hall–Kier alpha value is -0.760. The Balaban J connectivity index is 1.99. The third kappa shape index (κ3) is 4.35. The molecule has 0 aromatic rings. The molecule has 120 valence electrons. The van der Waals surface area contributed by atoms with Gasteiger partial charge in [0.25, 0.3) is 0 Å². The molecule has 1 saturated carbocycles. The lowest BCUT2D eigenvalue weighted by molar-refractivity contribution is -0.148. The average Bonchev–Trinajstić information content (AvgIpc) is 3.06. The molecule has 0 radical (unpaired) electrons. The highest BCUT2D eigenvalue weighted by Crippen LogP contribution is 2.49. The third-order valence-corrected chi connectivity index (χ3v) is 6.32. The highest BCUT2D eigenvalue weighted by molar-refractivity contribution is 7.99. The minimum atomic E-state index is -3.13. The zero-order valence-corrected chi connectivity index (χ0v) is 13.7. The molecule has 2 rings (SSSR count). The van der Waals surface area contributed by atoms with E-state index in [0.717, 1.165) is 0 Å². The number of carbonyl (C=O) groups excluding carboxylic acids is 1. The Morgan fingerprint density at radius 1 is 1.19 bits per heavy atom. The molecule has 0 bridgehead atoms. The van der Waals surface area contributed by atoms with Gasteiger partial charge in [0, 0.05) is 12.7 Å². The molecule has 1 aliphatic heterocycles. The van der Waals surface area contributed by atoms with Gasteiger partial charge in [-0.3, -0.25) is 4.79 Å². The first kappa shape index (κ1) is 16.6. The minimum absolute atomic E-state index is 0.00332. The molecular weight excluding hydrogens is 314 g/mol. The standard InChI is InChI=1S/C13H21NO5S2/c1-21(18,19)9-12(2-3-12)8-10(15)14-13(11(16)17)4-6-20-7-5-13/h2-9H2,1H3,(H,14,15)(H,16,17). The summed E-state index contributed by atoms with van der Waals surface area (Å²) < 4.78 is 22.8. The molecule has 1 amide bonds. The Kier molecular flexibility index (Phi) is 4.58. The summed E-state index contributed by atoms with van der Waals surface area (Å²) in [6, 6.07) is 0. The summed E-state index contributed by atoms with van der Waals surface area (Å²) in [5.74, 6) is 0.0837. The van der Waals surface area contributed by atoms with Crippen LogP contribution in [0.3, 0.4) is 0 Å². The fraction of sp³-hybridized carbons (Fsp3) is 0.846. The van der Waals surface area contributed by atoms with E-state index in [2.05, 4.69) is 5.32 Å². The highest BCUT2D eigenvalue weighted by Gasteiger charge is 2.48. The van der Waals surface area contributed by atoms with Crippen molar-refractivity contribution in [1.29, 1.82) is 0 Å². The zero-order valence-electron chi connectivity index (χ0n) is 12.1. The van der Waals surface area contributed by atoms with Crippen molar-refractivity contribution in [3.63, 3.8) is 0 Å². The second kappa shape index (κ2) is 5.79. The number of aliphatic carboxylic acids is 1. The summed E-state index contributed by atoms with van der Waals surface area (Å²) in [6.45, 7) is 0. The van der Waals surface area contributed by atoms with Crippen LogP contribution in [0, 0.1) is 5.41 Å². The van der Waals surface area contributed by atoms with Crippen molar-refractivity contribution >= 4 is 33.5 Å². The average molecular weight is 335 g/mol. The minimum Gasteiger partial charge on any atom is -0.480 e. The molecule has 0 atom stereocenters. The number of carboxylic acids is 1. The molecule has 1 heterocycles. The van der Waals surface area contributed by atoms with Gasteiger partial charge in [0.05, 0.1) is 5.75 Å². The number of carboxylic acid groups (broad SMARTS) is 1. The van der Waals surface area contributed by atoms with Gasteiger partial charge in [-0.25, -0.2) is 13.2 Å². The van der Waals surface area contributed by atoms with Gasteiger partial charge >= 0.3 is 5.97 Å². The molecule has 8 heteroatoms. The van der Waals surface area contributed by atoms with E-state index < -0.39 is 26.8 Å². The molecule has 0 spiro atoms. The van der Waals surface area contributed by atoms with Gasteiger partial charge in [-0.15, -0.1) is 0 Å². The van der Waals surface area contributed by atoms with Gasteiger partial charge < -0.3 is 10.4 Å². The number of hydrogen-bond donors (Lipinski definition) is 2. The van der Waals surface area contributed by atoms with E-state index in [9.17, 15) is 23.1 Å². The largest absolute Gasteiger partial charge is 0.480 e. The fourth-order valence-electron chi connectivity index (χ4n) is 2.87. The summed E-state index contributed by atoms with van der Waals surface area (Å²) in [5, 5.41) is 12.1. The molecule has 2 fully saturated rings. The molecule has 1 aliphatic carbocycles. The topological polar surface area (TPSA) is 101 Å². The van der Waals surface area contributed by atoms with Gasteiger partial charge in [0.1, 0.15) is 15.4 Å². The summed E-state index contributed by atoms with van der Waals surface area (Å²) in [5.41, 5.74) is -1.65. The van der Waals surface area contributed by atoms with Gasteiger partial charge in [0.2, 0.25) is 5.91 Å². The molecule has 1 saturated heterocycles. The van der Waals surface area contributed by atoms with E-state index in [1.807, 2.05) is 0 Å².